The van der Waals surface area contributed by atoms with Crippen LogP contribution < -0.4 is 11.0 Å². The van der Waals surface area contributed by atoms with Crippen molar-refractivity contribution in [1.82, 2.24) is 9.13 Å². The zero-order chi connectivity index (χ0) is 17.4. The second-order valence-electron chi connectivity index (χ2n) is 5.04. The summed E-state index contributed by atoms with van der Waals surface area (Å²) in [6.45, 7) is 4.60. The summed E-state index contributed by atoms with van der Waals surface area (Å²) in [5.41, 5.74) is 0.309. The Labute approximate surface area is 141 Å². The summed E-state index contributed by atoms with van der Waals surface area (Å²) in [7, 11) is 3.23. The van der Waals surface area contributed by atoms with Crippen molar-refractivity contribution in [3.8, 4) is 0 Å². The van der Waals surface area contributed by atoms with E-state index in [-0.39, 0.29) is 18.1 Å². The predicted molar refractivity (Wildman–Crippen MR) is 94.3 cm³/mol. The lowest BCUT2D eigenvalue weighted by Gasteiger charge is -2.14. The fourth-order valence-corrected chi connectivity index (χ4v) is 2.20. The first-order chi connectivity index (χ1) is 10.9. The molecular formula is C15H24N4O3S. The van der Waals surface area contributed by atoms with Crippen LogP contribution in [0, 0.1) is 4.64 Å². The van der Waals surface area contributed by atoms with Gasteiger partial charge in [-0.3, -0.25) is 13.9 Å². The van der Waals surface area contributed by atoms with Crippen LogP contribution in [0.15, 0.2) is 9.79 Å². The number of esters is 1. The second kappa shape index (κ2) is 9.24. The third-order valence-electron chi connectivity index (χ3n) is 3.28. The molecule has 0 aliphatic rings. The van der Waals surface area contributed by atoms with Crippen LogP contribution in [0.3, 0.4) is 0 Å². The monoisotopic (exact) mass is 340 g/mol. The lowest BCUT2D eigenvalue weighted by molar-refractivity contribution is -0.143. The number of aromatic nitrogens is 2. The number of hydrogen-bond donors (Lipinski definition) is 1. The van der Waals surface area contributed by atoms with Gasteiger partial charge in [0.2, 0.25) is 0 Å². The van der Waals surface area contributed by atoms with Crippen LogP contribution in [0.2, 0.25) is 0 Å². The van der Waals surface area contributed by atoms with Crippen LogP contribution in [0.1, 0.15) is 33.1 Å². The molecule has 0 aliphatic heterocycles. The van der Waals surface area contributed by atoms with E-state index in [0.717, 1.165) is 12.8 Å². The standard InChI is InChI=1S/C15H24N4O3S/c1-5-7-10-22-11(20)8-9-17-12-13(16-6-2)18(3)15(21)19(4)14(12)23/h6,17H,5,7-10H2,1-4H3/b16-6-. The number of nitrogens with one attached hydrogen (secondary N) is 1. The SMILES string of the molecule is C/C=N\c1c(NCCC(=O)OCCCC)c(=S)n(C)c(=O)n1C. The van der Waals surface area contributed by atoms with Crippen molar-refractivity contribution in [2.24, 2.45) is 19.1 Å². The van der Waals surface area contributed by atoms with Crippen LogP contribution in [-0.2, 0) is 23.6 Å². The minimum atomic E-state index is -0.258. The number of unbranched alkanes of at least 4 members (excludes halogenated alkanes) is 1. The molecule has 0 atom stereocenters. The summed E-state index contributed by atoms with van der Waals surface area (Å²) in [6.07, 6.45) is 3.66. The number of carbonyl (C=O) groups excluding carboxylic acids is 1. The van der Waals surface area contributed by atoms with Crippen molar-refractivity contribution in [2.75, 3.05) is 18.5 Å². The number of ether oxygens (including phenoxy) is 1. The zero-order valence-corrected chi connectivity index (χ0v) is 14.9. The maximum absolute atomic E-state index is 12.0. The normalized spacial score (nSPS) is 11.0. The van der Waals surface area contributed by atoms with E-state index in [1.165, 1.54) is 9.13 Å². The first-order valence-corrected chi connectivity index (χ1v) is 8.03. The quantitative estimate of drug-likeness (QED) is 0.340. The maximum atomic E-state index is 12.0. The Morgan fingerprint density at radius 1 is 1.39 bits per heavy atom. The van der Waals surface area contributed by atoms with Gasteiger partial charge in [0.1, 0.15) is 10.3 Å². The second-order valence-corrected chi connectivity index (χ2v) is 5.43. The molecule has 7 nitrogen and oxygen atoms in total. The van der Waals surface area contributed by atoms with Gasteiger partial charge in [-0.1, -0.05) is 25.6 Å². The first kappa shape index (κ1) is 19.1. The van der Waals surface area contributed by atoms with Gasteiger partial charge in [-0.15, -0.1) is 0 Å². The molecule has 1 aromatic heterocycles. The van der Waals surface area contributed by atoms with Crippen LogP contribution in [0.4, 0.5) is 11.5 Å². The maximum Gasteiger partial charge on any atom is 0.330 e. The smallest absolute Gasteiger partial charge is 0.330 e. The Balaban J connectivity index is 2.86. The van der Waals surface area contributed by atoms with E-state index in [9.17, 15) is 9.59 Å². The van der Waals surface area contributed by atoms with Gasteiger partial charge in [-0.05, 0) is 13.3 Å². The van der Waals surface area contributed by atoms with Crippen molar-refractivity contribution < 1.29 is 9.53 Å². The summed E-state index contributed by atoms with van der Waals surface area (Å²) in [5, 5.41) is 3.10. The molecule has 8 heteroatoms. The largest absolute Gasteiger partial charge is 0.466 e. The Morgan fingerprint density at radius 2 is 2.09 bits per heavy atom. The van der Waals surface area contributed by atoms with Gasteiger partial charge >= 0.3 is 11.7 Å². The molecule has 1 N–H and O–H groups in total. The molecule has 0 unspecified atom stereocenters. The molecule has 0 spiro atoms. The molecule has 0 bridgehead atoms. The summed E-state index contributed by atoms with van der Waals surface area (Å²) in [5.74, 6) is 0.187. The molecule has 1 aromatic rings. The molecule has 1 heterocycles. The van der Waals surface area contributed by atoms with Crippen LogP contribution in [0.25, 0.3) is 0 Å². The van der Waals surface area contributed by atoms with Gasteiger partial charge < -0.3 is 10.1 Å². The Morgan fingerprint density at radius 3 is 2.70 bits per heavy atom. The number of hydrogen-bond acceptors (Lipinski definition) is 6. The molecule has 0 saturated carbocycles. The van der Waals surface area contributed by atoms with Crippen molar-refractivity contribution in [3.63, 3.8) is 0 Å². The average molecular weight is 340 g/mol. The summed E-state index contributed by atoms with van der Waals surface area (Å²) >= 11 is 5.30. The average Bonchev–Trinajstić information content (AvgIpc) is 2.53. The molecule has 23 heavy (non-hydrogen) atoms. The molecule has 0 amide bonds. The molecule has 128 valence electrons. The van der Waals surface area contributed by atoms with Gasteiger partial charge in [0.05, 0.1) is 13.0 Å². The van der Waals surface area contributed by atoms with E-state index >= 15 is 0 Å². The summed E-state index contributed by atoms with van der Waals surface area (Å²) in [6, 6.07) is 0. The highest BCUT2D eigenvalue weighted by Crippen LogP contribution is 2.23. The number of rotatable bonds is 8. The highest BCUT2D eigenvalue weighted by molar-refractivity contribution is 7.71. The number of nitrogens with zero attached hydrogens (tertiary/aromatic N) is 3. The molecular weight excluding hydrogens is 316 g/mol. The predicted octanol–water partition coefficient (Wildman–Crippen LogP) is 2.32. The van der Waals surface area contributed by atoms with Gasteiger partial charge in [0.15, 0.2) is 5.82 Å². The van der Waals surface area contributed by atoms with Gasteiger partial charge in [0, 0.05) is 26.9 Å². The third kappa shape index (κ3) is 5.02. The van der Waals surface area contributed by atoms with Gasteiger partial charge in [-0.25, -0.2) is 9.79 Å². The summed E-state index contributed by atoms with van der Waals surface area (Å²) in [4.78, 5) is 27.9. The zero-order valence-electron chi connectivity index (χ0n) is 14.1. The molecule has 0 saturated heterocycles. The molecule has 0 fully saturated rings. The number of carbonyl (C=O) groups is 1. The van der Waals surface area contributed by atoms with E-state index in [1.54, 1.807) is 27.2 Å². The molecule has 0 radical (unpaired) electrons. The lowest BCUT2D eigenvalue weighted by Crippen LogP contribution is -2.29. The molecule has 0 aromatic carbocycles. The van der Waals surface area contributed by atoms with E-state index in [1.807, 2.05) is 6.92 Å². The first-order valence-electron chi connectivity index (χ1n) is 7.62. The van der Waals surface area contributed by atoms with Crippen LogP contribution >= 0.6 is 12.2 Å². The highest BCUT2D eigenvalue weighted by atomic mass is 32.1. The van der Waals surface area contributed by atoms with Crippen molar-refractivity contribution >= 4 is 35.9 Å². The van der Waals surface area contributed by atoms with Crippen LogP contribution in [-0.4, -0.2) is 34.5 Å². The Kier molecular flexibility index (Phi) is 7.67. The van der Waals surface area contributed by atoms with E-state index < -0.39 is 0 Å². The van der Waals surface area contributed by atoms with Gasteiger partial charge in [-0.2, -0.15) is 0 Å². The fourth-order valence-electron chi connectivity index (χ4n) is 1.95. The summed E-state index contributed by atoms with van der Waals surface area (Å²) < 4.78 is 8.24. The number of aliphatic imine (C=N–C) groups is 1. The molecule has 1 rings (SSSR count). The molecule has 0 aliphatic carbocycles. The third-order valence-corrected chi connectivity index (χ3v) is 3.75. The van der Waals surface area contributed by atoms with Gasteiger partial charge in [0.25, 0.3) is 0 Å². The van der Waals surface area contributed by atoms with E-state index in [4.69, 9.17) is 17.0 Å². The Bertz CT molecular complexity index is 691. The topological polar surface area (TPSA) is 77.6 Å². The van der Waals surface area contributed by atoms with Crippen molar-refractivity contribution in [1.29, 1.82) is 0 Å². The minimum absolute atomic E-state index is 0.223. The van der Waals surface area contributed by atoms with Crippen molar-refractivity contribution in [2.45, 2.75) is 33.1 Å². The number of anilines is 1. The van der Waals surface area contributed by atoms with E-state index in [2.05, 4.69) is 10.3 Å². The lowest BCUT2D eigenvalue weighted by atomic mass is 10.3. The minimum Gasteiger partial charge on any atom is -0.466 e. The Hall–Kier alpha value is -1.96. The highest BCUT2D eigenvalue weighted by Gasteiger charge is 2.12. The van der Waals surface area contributed by atoms with E-state index in [0.29, 0.717) is 29.3 Å². The fraction of sp³-hybridized carbons (Fsp3) is 0.600. The van der Waals surface area contributed by atoms with Crippen LogP contribution in [0.5, 0.6) is 0 Å². The van der Waals surface area contributed by atoms with Crippen molar-refractivity contribution in [3.05, 3.63) is 15.1 Å².